The highest BCUT2D eigenvalue weighted by molar-refractivity contribution is 5.29. The maximum absolute atomic E-state index is 14.0. The van der Waals surface area contributed by atoms with Gasteiger partial charge in [-0.15, -0.1) is 0 Å². The van der Waals surface area contributed by atoms with E-state index < -0.39 is 23.5 Å². The molecular formula is C12H19F3N2. The molecular weight excluding hydrogens is 229 g/mol. The topological polar surface area (TPSA) is 17.8 Å². The van der Waals surface area contributed by atoms with E-state index in [2.05, 4.69) is 5.10 Å². The molecule has 0 saturated heterocycles. The van der Waals surface area contributed by atoms with Crippen LogP contribution in [0.25, 0.3) is 0 Å². The van der Waals surface area contributed by atoms with Gasteiger partial charge in [-0.1, -0.05) is 27.2 Å². The fourth-order valence-corrected chi connectivity index (χ4v) is 2.26. The van der Waals surface area contributed by atoms with Crippen LogP contribution in [0.2, 0.25) is 0 Å². The van der Waals surface area contributed by atoms with Gasteiger partial charge in [-0.2, -0.15) is 9.49 Å². The van der Waals surface area contributed by atoms with Crippen LogP contribution in [0, 0.1) is 5.95 Å². The van der Waals surface area contributed by atoms with Crippen molar-refractivity contribution in [2.45, 2.75) is 51.9 Å². The Balaban J connectivity index is 3.36. The minimum atomic E-state index is -2.73. The van der Waals surface area contributed by atoms with Gasteiger partial charge in [0.25, 0.3) is 6.43 Å². The lowest BCUT2D eigenvalue weighted by atomic mass is 9.76. The van der Waals surface area contributed by atoms with E-state index in [0.717, 1.165) is 11.1 Å². The van der Waals surface area contributed by atoms with Crippen molar-refractivity contribution in [1.29, 1.82) is 0 Å². The summed E-state index contributed by atoms with van der Waals surface area (Å²) in [4.78, 5) is 0. The molecule has 17 heavy (non-hydrogen) atoms. The number of halogens is 3. The fourth-order valence-electron chi connectivity index (χ4n) is 2.26. The van der Waals surface area contributed by atoms with Crippen molar-refractivity contribution < 1.29 is 13.2 Å². The highest BCUT2D eigenvalue weighted by Gasteiger charge is 2.35. The van der Waals surface area contributed by atoms with E-state index >= 15 is 0 Å². The zero-order valence-corrected chi connectivity index (χ0v) is 10.7. The standard InChI is InChI=1S/C12H19F3N2/c1-5-7-12(3,6-2)8-9(10(13)14)16-17(4)11(8)15/h10H,5-7H2,1-4H3. The van der Waals surface area contributed by atoms with Crippen LogP contribution in [0.3, 0.4) is 0 Å². The Morgan fingerprint density at radius 1 is 1.35 bits per heavy atom. The molecule has 0 aliphatic rings. The number of alkyl halides is 2. The van der Waals surface area contributed by atoms with E-state index in [1.54, 1.807) is 0 Å². The van der Waals surface area contributed by atoms with Gasteiger partial charge in [0.2, 0.25) is 5.95 Å². The minimum absolute atomic E-state index is 0.0827. The smallest absolute Gasteiger partial charge is 0.242 e. The first kappa shape index (κ1) is 14.1. The first-order valence-electron chi connectivity index (χ1n) is 5.88. The molecule has 2 nitrogen and oxygen atoms in total. The molecule has 0 saturated carbocycles. The van der Waals surface area contributed by atoms with E-state index in [-0.39, 0.29) is 5.56 Å². The second-order valence-corrected chi connectivity index (χ2v) is 4.64. The molecule has 0 bridgehead atoms. The van der Waals surface area contributed by atoms with Crippen LogP contribution >= 0.6 is 0 Å². The molecule has 0 amide bonds. The van der Waals surface area contributed by atoms with Gasteiger partial charge in [0.05, 0.1) is 0 Å². The van der Waals surface area contributed by atoms with Crippen LogP contribution in [-0.2, 0) is 12.5 Å². The molecule has 1 unspecified atom stereocenters. The van der Waals surface area contributed by atoms with Gasteiger partial charge in [-0.3, -0.25) is 0 Å². The molecule has 1 rings (SSSR count). The molecule has 1 aromatic heterocycles. The molecule has 1 heterocycles. The summed E-state index contributed by atoms with van der Waals surface area (Å²) in [5.41, 5.74) is -0.902. The molecule has 1 aromatic rings. The third kappa shape index (κ3) is 2.48. The Bertz CT molecular complexity index is 387. The number of aryl methyl sites for hydroxylation is 1. The van der Waals surface area contributed by atoms with Crippen molar-refractivity contribution >= 4 is 0 Å². The van der Waals surface area contributed by atoms with Crippen LogP contribution in [0.15, 0.2) is 0 Å². The summed E-state index contributed by atoms with van der Waals surface area (Å²) in [6, 6.07) is 0. The van der Waals surface area contributed by atoms with E-state index in [1.807, 2.05) is 20.8 Å². The number of hydrogen-bond donors (Lipinski definition) is 0. The summed E-state index contributed by atoms with van der Waals surface area (Å²) < 4.78 is 40.6. The third-order valence-electron chi connectivity index (χ3n) is 3.40. The average Bonchev–Trinajstić information content (AvgIpc) is 2.56. The zero-order valence-electron chi connectivity index (χ0n) is 10.7. The molecule has 1 atom stereocenters. The second kappa shape index (κ2) is 5.10. The van der Waals surface area contributed by atoms with Crippen molar-refractivity contribution in [3.05, 3.63) is 17.2 Å². The zero-order chi connectivity index (χ0) is 13.2. The normalized spacial score (nSPS) is 15.3. The molecule has 0 aliphatic heterocycles. The van der Waals surface area contributed by atoms with Crippen LogP contribution in [-0.4, -0.2) is 9.78 Å². The number of nitrogens with zero attached hydrogens (tertiary/aromatic N) is 2. The fraction of sp³-hybridized carbons (Fsp3) is 0.750. The van der Waals surface area contributed by atoms with Gasteiger partial charge >= 0.3 is 0 Å². The maximum Gasteiger partial charge on any atom is 0.282 e. The van der Waals surface area contributed by atoms with Gasteiger partial charge in [-0.05, 0) is 18.3 Å². The van der Waals surface area contributed by atoms with Crippen molar-refractivity contribution in [3.63, 3.8) is 0 Å². The molecule has 5 heteroatoms. The molecule has 0 N–H and O–H groups in total. The van der Waals surface area contributed by atoms with E-state index in [0.29, 0.717) is 12.8 Å². The molecule has 0 aromatic carbocycles. The first-order valence-corrected chi connectivity index (χ1v) is 5.88. The summed E-state index contributed by atoms with van der Waals surface area (Å²) in [5, 5.41) is 3.60. The third-order valence-corrected chi connectivity index (χ3v) is 3.40. The highest BCUT2D eigenvalue weighted by atomic mass is 19.3. The molecule has 0 fully saturated rings. The molecule has 0 radical (unpaired) electrons. The quantitative estimate of drug-likeness (QED) is 0.771. The van der Waals surface area contributed by atoms with E-state index in [1.165, 1.54) is 7.05 Å². The van der Waals surface area contributed by atoms with Crippen molar-refractivity contribution in [2.75, 3.05) is 0 Å². The van der Waals surface area contributed by atoms with E-state index in [4.69, 9.17) is 0 Å². The van der Waals surface area contributed by atoms with Gasteiger partial charge in [0, 0.05) is 12.6 Å². The number of aromatic nitrogens is 2. The largest absolute Gasteiger partial charge is 0.282 e. The number of hydrogen-bond acceptors (Lipinski definition) is 1. The Morgan fingerprint density at radius 3 is 2.35 bits per heavy atom. The Hall–Kier alpha value is -1.00. The van der Waals surface area contributed by atoms with Gasteiger partial charge in [-0.25, -0.2) is 13.5 Å². The second-order valence-electron chi connectivity index (χ2n) is 4.64. The van der Waals surface area contributed by atoms with E-state index in [9.17, 15) is 13.2 Å². The molecule has 0 spiro atoms. The lowest BCUT2D eigenvalue weighted by Gasteiger charge is -2.28. The average molecular weight is 248 g/mol. The predicted molar refractivity (Wildman–Crippen MR) is 60.7 cm³/mol. The summed E-state index contributed by atoms with van der Waals surface area (Å²) in [6.45, 7) is 5.67. The lowest BCUT2D eigenvalue weighted by Crippen LogP contribution is -2.23. The SMILES string of the molecule is CCCC(C)(CC)c1c(C(F)F)nn(C)c1F. The summed E-state index contributed by atoms with van der Waals surface area (Å²) in [5.74, 6) is -0.641. The van der Waals surface area contributed by atoms with Crippen LogP contribution in [0.4, 0.5) is 13.2 Å². The summed E-state index contributed by atoms with van der Waals surface area (Å²) >= 11 is 0. The first-order chi connectivity index (χ1) is 7.87. The summed E-state index contributed by atoms with van der Waals surface area (Å²) in [7, 11) is 1.35. The van der Waals surface area contributed by atoms with Crippen molar-refractivity contribution in [2.24, 2.45) is 7.05 Å². The van der Waals surface area contributed by atoms with Crippen LogP contribution in [0.1, 0.15) is 57.7 Å². The highest BCUT2D eigenvalue weighted by Crippen LogP contribution is 2.39. The van der Waals surface area contributed by atoms with Gasteiger partial charge in [0.15, 0.2) is 0 Å². The van der Waals surface area contributed by atoms with Crippen LogP contribution in [0.5, 0.6) is 0 Å². The lowest BCUT2D eigenvalue weighted by molar-refractivity contribution is 0.141. The van der Waals surface area contributed by atoms with Gasteiger partial charge in [0.1, 0.15) is 5.69 Å². The molecule has 98 valence electrons. The van der Waals surface area contributed by atoms with Crippen molar-refractivity contribution in [1.82, 2.24) is 9.78 Å². The Kier molecular flexibility index (Phi) is 4.22. The minimum Gasteiger partial charge on any atom is -0.242 e. The van der Waals surface area contributed by atoms with Crippen molar-refractivity contribution in [3.8, 4) is 0 Å². The summed E-state index contributed by atoms with van der Waals surface area (Å²) in [6.07, 6.45) is -0.625. The monoisotopic (exact) mass is 248 g/mol. The predicted octanol–water partition coefficient (Wildman–Crippen LogP) is 3.96. The maximum atomic E-state index is 14.0. The Morgan fingerprint density at radius 2 is 1.94 bits per heavy atom. The molecule has 0 aliphatic carbocycles. The van der Waals surface area contributed by atoms with Gasteiger partial charge < -0.3 is 0 Å². The number of rotatable bonds is 5. The van der Waals surface area contributed by atoms with Crippen LogP contribution < -0.4 is 0 Å². The Labute approximate surface area is 99.8 Å².